The first kappa shape index (κ1) is 16.6. The zero-order valence-electron chi connectivity index (χ0n) is 13.2. The number of carboxylic acids is 1. The molecule has 6 heteroatoms. The number of carboxylic acid groups (broad SMARTS) is 1. The van der Waals surface area contributed by atoms with E-state index in [0.717, 1.165) is 39.1 Å². The number of aliphatic carboxylic acids is 1. The fourth-order valence-corrected chi connectivity index (χ4v) is 2.94. The molecule has 1 fully saturated rings. The van der Waals surface area contributed by atoms with Crippen LogP contribution < -0.4 is 4.74 Å². The molecule has 0 aliphatic carbocycles. The van der Waals surface area contributed by atoms with E-state index in [-0.39, 0.29) is 5.75 Å². The topological polar surface area (TPSA) is 73.2 Å². The van der Waals surface area contributed by atoms with Crippen molar-refractivity contribution >= 4 is 5.97 Å². The monoisotopic (exact) mass is 308 g/mol. The predicted molar refractivity (Wildman–Crippen MR) is 83.3 cm³/mol. The van der Waals surface area contributed by atoms with Gasteiger partial charge in [-0.1, -0.05) is 13.0 Å². The molecule has 1 aromatic carbocycles. The average Bonchev–Trinajstić information content (AvgIpc) is 2.51. The van der Waals surface area contributed by atoms with Crippen molar-refractivity contribution in [1.82, 2.24) is 9.80 Å². The minimum absolute atomic E-state index is 0.0168. The Morgan fingerprint density at radius 1 is 1.32 bits per heavy atom. The van der Waals surface area contributed by atoms with Gasteiger partial charge in [0, 0.05) is 26.2 Å². The van der Waals surface area contributed by atoms with Crippen LogP contribution in [0.3, 0.4) is 0 Å². The molecule has 2 rings (SSSR count). The predicted octanol–water partition coefficient (Wildman–Crippen LogP) is 1.55. The Balaban J connectivity index is 2.16. The van der Waals surface area contributed by atoms with E-state index < -0.39 is 12.0 Å². The highest BCUT2D eigenvalue weighted by atomic mass is 16.5. The van der Waals surface area contributed by atoms with Crippen LogP contribution in [0.4, 0.5) is 0 Å². The van der Waals surface area contributed by atoms with Crippen molar-refractivity contribution in [3.05, 3.63) is 23.8 Å². The van der Waals surface area contributed by atoms with E-state index in [1.807, 2.05) is 4.90 Å². The molecule has 1 aliphatic heterocycles. The number of rotatable bonds is 6. The first-order valence-electron chi connectivity index (χ1n) is 7.63. The van der Waals surface area contributed by atoms with Gasteiger partial charge in [-0.25, -0.2) is 0 Å². The maximum Gasteiger partial charge on any atom is 0.325 e. The number of piperazine rings is 1. The molecule has 1 unspecified atom stereocenters. The molecule has 6 nitrogen and oxygen atoms in total. The number of hydrogen-bond donors (Lipinski definition) is 2. The molecule has 1 aromatic rings. The van der Waals surface area contributed by atoms with Crippen molar-refractivity contribution in [2.24, 2.45) is 0 Å². The lowest BCUT2D eigenvalue weighted by Gasteiger charge is -2.37. The number of phenolic OH excluding ortho intramolecular Hbond substituents is 1. The third-order valence-electron chi connectivity index (χ3n) is 4.07. The number of ether oxygens (including phenoxy) is 1. The summed E-state index contributed by atoms with van der Waals surface area (Å²) in [4.78, 5) is 16.1. The van der Waals surface area contributed by atoms with Gasteiger partial charge in [0.05, 0.1) is 7.11 Å². The van der Waals surface area contributed by atoms with Crippen LogP contribution in [0.15, 0.2) is 18.2 Å². The van der Waals surface area contributed by atoms with Gasteiger partial charge in [0.2, 0.25) is 0 Å². The lowest BCUT2D eigenvalue weighted by atomic mass is 10.0. The number of benzene rings is 1. The van der Waals surface area contributed by atoms with E-state index in [1.165, 1.54) is 13.2 Å². The average molecular weight is 308 g/mol. The van der Waals surface area contributed by atoms with Crippen molar-refractivity contribution in [2.75, 3.05) is 39.8 Å². The highest BCUT2D eigenvalue weighted by Crippen LogP contribution is 2.31. The van der Waals surface area contributed by atoms with Crippen molar-refractivity contribution in [1.29, 1.82) is 0 Å². The Labute approximate surface area is 130 Å². The maximum absolute atomic E-state index is 11.7. The summed E-state index contributed by atoms with van der Waals surface area (Å²) in [5.41, 5.74) is 0.631. The molecule has 1 saturated heterocycles. The van der Waals surface area contributed by atoms with Gasteiger partial charge < -0.3 is 19.8 Å². The summed E-state index contributed by atoms with van der Waals surface area (Å²) in [5.74, 6) is -0.562. The Morgan fingerprint density at radius 2 is 2.00 bits per heavy atom. The Hall–Kier alpha value is -1.79. The van der Waals surface area contributed by atoms with Gasteiger partial charge in [0.1, 0.15) is 6.04 Å². The molecule has 1 heterocycles. The van der Waals surface area contributed by atoms with Crippen LogP contribution in [-0.4, -0.2) is 65.8 Å². The first-order chi connectivity index (χ1) is 10.6. The van der Waals surface area contributed by atoms with Gasteiger partial charge in [0.25, 0.3) is 0 Å². The highest BCUT2D eigenvalue weighted by Gasteiger charge is 2.30. The van der Waals surface area contributed by atoms with Crippen LogP contribution in [0.2, 0.25) is 0 Å². The molecule has 1 atom stereocenters. The van der Waals surface area contributed by atoms with Crippen LogP contribution in [0, 0.1) is 0 Å². The van der Waals surface area contributed by atoms with E-state index in [0.29, 0.717) is 11.3 Å². The Morgan fingerprint density at radius 3 is 2.55 bits per heavy atom. The number of phenols is 1. The smallest absolute Gasteiger partial charge is 0.325 e. The first-order valence-corrected chi connectivity index (χ1v) is 7.63. The van der Waals surface area contributed by atoms with E-state index in [4.69, 9.17) is 4.74 Å². The molecule has 0 amide bonds. The van der Waals surface area contributed by atoms with Crippen LogP contribution in [-0.2, 0) is 4.79 Å². The minimum atomic E-state index is -0.878. The fraction of sp³-hybridized carbons (Fsp3) is 0.562. The molecule has 2 N–H and O–H groups in total. The summed E-state index contributed by atoms with van der Waals surface area (Å²) in [6.45, 7) is 6.41. The van der Waals surface area contributed by atoms with E-state index in [1.54, 1.807) is 12.1 Å². The number of hydrogen-bond acceptors (Lipinski definition) is 5. The second-order valence-electron chi connectivity index (χ2n) is 5.55. The Bertz CT molecular complexity index is 513. The molecule has 0 radical (unpaired) electrons. The van der Waals surface area contributed by atoms with Crippen molar-refractivity contribution in [3.63, 3.8) is 0 Å². The zero-order chi connectivity index (χ0) is 16.1. The third kappa shape index (κ3) is 3.69. The molecule has 0 aromatic heterocycles. The normalized spacial score (nSPS) is 18.1. The van der Waals surface area contributed by atoms with Crippen LogP contribution >= 0.6 is 0 Å². The second kappa shape index (κ2) is 7.47. The van der Waals surface area contributed by atoms with Crippen LogP contribution in [0.1, 0.15) is 24.9 Å². The number of methoxy groups -OCH3 is 1. The molecule has 1 aliphatic rings. The van der Waals surface area contributed by atoms with Crippen molar-refractivity contribution in [3.8, 4) is 11.5 Å². The molecular formula is C16H24N2O4. The summed E-state index contributed by atoms with van der Waals surface area (Å²) in [7, 11) is 1.46. The summed E-state index contributed by atoms with van der Waals surface area (Å²) in [6.07, 6.45) is 1.11. The summed E-state index contributed by atoms with van der Waals surface area (Å²) >= 11 is 0. The van der Waals surface area contributed by atoms with Gasteiger partial charge in [0.15, 0.2) is 11.5 Å². The van der Waals surface area contributed by atoms with Gasteiger partial charge in [-0.05, 0) is 30.7 Å². The number of carbonyl (C=O) groups is 1. The highest BCUT2D eigenvalue weighted by molar-refractivity contribution is 5.76. The SMILES string of the molecule is CCCN1CCN(C(C(=O)O)c2ccc(O)c(OC)c2)CC1. The molecule has 122 valence electrons. The lowest BCUT2D eigenvalue weighted by Crippen LogP contribution is -2.49. The van der Waals surface area contributed by atoms with Crippen molar-refractivity contribution < 1.29 is 19.7 Å². The third-order valence-corrected chi connectivity index (χ3v) is 4.07. The lowest BCUT2D eigenvalue weighted by molar-refractivity contribution is -0.144. The largest absolute Gasteiger partial charge is 0.504 e. The van der Waals surface area contributed by atoms with Gasteiger partial charge in [-0.15, -0.1) is 0 Å². The van der Waals surface area contributed by atoms with Gasteiger partial charge in [-0.3, -0.25) is 9.69 Å². The summed E-state index contributed by atoms with van der Waals surface area (Å²) < 4.78 is 5.08. The zero-order valence-corrected chi connectivity index (χ0v) is 13.2. The molecule has 22 heavy (non-hydrogen) atoms. The minimum Gasteiger partial charge on any atom is -0.504 e. The van der Waals surface area contributed by atoms with Gasteiger partial charge >= 0.3 is 5.97 Å². The van der Waals surface area contributed by atoms with E-state index >= 15 is 0 Å². The quantitative estimate of drug-likeness (QED) is 0.831. The number of aromatic hydroxyl groups is 1. The molecule has 0 bridgehead atoms. The van der Waals surface area contributed by atoms with E-state index in [9.17, 15) is 15.0 Å². The second-order valence-corrected chi connectivity index (χ2v) is 5.55. The van der Waals surface area contributed by atoms with Crippen molar-refractivity contribution in [2.45, 2.75) is 19.4 Å². The maximum atomic E-state index is 11.7. The van der Waals surface area contributed by atoms with Crippen LogP contribution in [0.25, 0.3) is 0 Å². The van der Waals surface area contributed by atoms with E-state index in [2.05, 4.69) is 11.8 Å². The number of nitrogens with zero attached hydrogens (tertiary/aromatic N) is 2. The summed E-state index contributed by atoms with van der Waals surface area (Å²) in [5, 5.41) is 19.3. The molecule has 0 spiro atoms. The molecular weight excluding hydrogens is 284 g/mol. The van der Waals surface area contributed by atoms with Gasteiger partial charge in [-0.2, -0.15) is 0 Å². The molecule has 0 saturated carbocycles. The standard InChI is InChI=1S/C16H24N2O4/c1-3-6-17-7-9-18(10-8-17)15(16(20)21)12-4-5-13(19)14(11-12)22-2/h4-5,11,15,19H,3,6-10H2,1-2H3,(H,20,21). The van der Waals surface area contributed by atoms with Crippen LogP contribution in [0.5, 0.6) is 11.5 Å². The fourth-order valence-electron chi connectivity index (χ4n) is 2.94. The summed E-state index contributed by atoms with van der Waals surface area (Å²) in [6, 6.07) is 4.03. The Kier molecular flexibility index (Phi) is 5.63.